The topological polar surface area (TPSA) is 82.6 Å². The highest BCUT2D eigenvalue weighted by atomic mass is 16.3. The first-order valence-electron chi connectivity index (χ1n) is 7.01. The van der Waals surface area contributed by atoms with E-state index in [9.17, 15) is 5.11 Å². The molecule has 0 saturated heterocycles. The predicted octanol–water partition coefficient (Wildman–Crippen LogP) is 2.76. The first-order valence-corrected chi connectivity index (χ1v) is 7.01. The standard InChI is InChI=1S/C9H7N.C8H4N4O/c1-2-4-9-7-10-6-5-8(9)3-1;13-5-3-4-1-2-9-6(4)8-7(5)10-12-11-8/h1-7H;1-3,13H. The largest absolute Gasteiger partial charge is 0.506 e. The Morgan fingerprint density at radius 1 is 0.957 bits per heavy atom. The summed E-state index contributed by atoms with van der Waals surface area (Å²) in [5, 5.41) is 24.2. The van der Waals surface area contributed by atoms with Gasteiger partial charge in [0, 0.05) is 23.8 Å². The van der Waals surface area contributed by atoms with Crippen LogP contribution in [-0.2, 0) is 0 Å². The number of benzene rings is 2. The van der Waals surface area contributed by atoms with Gasteiger partial charge in [-0.15, -0.1) is 10.2 Å². The normalized spacial score (nSPS) is 12.9. The number of aliphatic imine (C=N–C) groups is 1. The summed E-state index contributed by atoms with van der Waals surface area (Å²) >= 11 is 0. The Morgan fingerprint density at radius 2 is 1.83 bits per heavy atom. The van der Waals surface area contributed by atoms with Crippen LogP contribution in [0.2, 0.25) is 0 Å². The molecule has 0 saturated carbocycles. The van der Waals surface area contributed by atoms with Crippen molar-refractivity contribution in [3.63, 3.8) is 0 Å². The highest BCUT2D eigenvalue weighted by Gasteiger charge is 2.15. The monoisotopic (exact) mass is 301 g/mol. The molecule has 23 heavy (non-hydrogen) atoms. The zero-order valence-corrected chi connectivity index (χ0v) is 12.0. The molecule has 0 spiro atoms. The smallest absolute Gasteiger partial charge is 0.159 e. The third-order valence-corrected chi connectivity index (χ3v) is 3.55. The van der Waals surface area contributed by atoms with E-state index in [-0.39, 0.29) is 5.75 Å². The number of aromatic nitrogens is 1. The minimum atomic E-state index is 0.0977. The zero-order valence-electron chi connectivity index (χ0n) is 12.0. The molecule has 110 valence electrons. The molecular weight excluding hydrogens is 290 g/mol. The molecule has 2 aliphatic heterocycles. The van der Waals surface area contributed by atoms with Gasteiger partial charge in [0.25, 0.3) is 0 Å². The van der Waals surface area contributed by atoms with Gasteiger partial charge in [0.2, 0.25) is 0 Å². The number of hydrogen-bond acceptors (Lipinski definition) is 6. The van der Waals surface area contributed by atoms with Crippen LogP contribution in [-0.4, -0.2) is 16.3 Å². The van der Waals surface area contributed by atoms with Crippen LogP contribution in [0.3, 0.4) is 0 Å². The second kappa shape index (κ2) is 5.42. The lowest BCUT2D eigenvalue weighted by Gasteiger charge is -1.95. The van der Waals surface area contributed by atoms with E-state index in [0.717, 1.165) is 10.9 Å². The molecule has 1 N–H and O–H groups in total. The fourth-order valence-corrected chi connectivity index (χ4v) is 2.44. The molecular formula is C17H11N5O. The summed E-state index contributed by atoms with van der Waals surface area (Å²) in [5.74, 6) is 0.0977. The van der Waals surface area contributed by atoms with E-state index in [0.29, 0.717) is 11.0 Å². The van der Waals surface area contributed by atoms with E-state index in [1.54, 1.807) is 12.3 Å². The maximum atomic E-state index is 9.51. The molecule has 0 fully saturated rings. The van der Waals surface area contributed by atoms with Gasteiger partial charge in [-0.05, 0) is 34.2 Å². The molecule has 0 amide bonds. The summed E-state index contributed by atoms with van der Waals surface area (Å²) in [6, 6.07) is 11.8. The van der Waals surface area contributed by atoms with Crippen molar-refractivity contribution in [2.75, 3.05) is 0 Å². The van der Waals surface area contributed by atoms with Crippen molar-refractivity contribution in [1.82, 2.24) is 4.98 Å². The minimum absolute atomic E-state index is 0.0977. The molecule has 0 unspecified atom stereocenters. The summed E-state index contributed by atoms with van der Waals surface area (Å²) in [7, 11) is 0. The van der Waals surface area contributed by atoms with Gasteiger partial charge in [-0.25, -0.2) is 0 Å². The van der Waals surface area contributed by atoms with Crippen LogP contribution in [0.1, 0.15) is 0 Å². The fraction of sp³-hybridized carbons (Fsp3) is 0. The van der Waals surface area contributed by atoms with Gasteiger partial charge in [-0.3, -0.25) is 9.98 Å². The Hall–Kier alpha value is -3.41. The van der Waals surface area contributed by atoms with E-state index in [4.69, 9.17) is 0 Å². The number of aromatic hydroxyl groups is 1. The molecule has 3 aromatic rings. The van der Waals surface area contributed by atoms with E-state index < -0.39 is 0 Å². The number of nitrogens with zero attached hydrogens (tertiary/aromatic N) is 5. The van der Waals surface area contributed by atoms with Crippen LogP contribution in [0.15, 0.2) is 69.2 Å². The molecule has 0 aliphatic carbocycles. The van der Waals surface area contributed by atoms with Crippen molar-refractivity contribution in [3.8, 4) is 5.75 Å². The summed E-state index contributed by atoms with van der Waals surface area (Å²) < 4.78 is 0. The molecule has 5 rings (SSSR count). The molecule has 0 bridgehead atoms. The predicted molar refractivity (Wildman–Crippen MR) is 87.8 cm³/mol. The van der Waals surface area contributed by atoms with Gasteiger partial charge in [0.1, 0.15) is 17.1 Å². The Kier molecular flexibility index (Phi) is 3.12. The first kappa shape index (κ1) is 13.3. The van der Waals surface area contributed by atoms with Crippen LogP contribution < -0.4 is 10.6 Å². The highest BCUT2D eigenvalue weighted by molar-refractivity contribution is 5.98. The Morgan fingerprint density at radius 3 is 2.70 bits per heavy atom. The third kappa shape index (κ3) is 2.36. The molecule has 3 heterocycles. The van der Waals surface area contributed by atoms with Gasteiger partial charge in [-0.1, -0.05) is 24.3 Å². The van der Waals surface area contributed by atoms with E-state index in [1.807, 2.05) is 36.7 Å². The Labute approximate surface area is 130 Å². The van der Waals surface area contributed by atoms with E-state index >= 15 is 0 Å². The number of hydrogen-bond donors (Lipinski definition) is 1. The van der Waals surface area contributed by atoms with E-state index in [1.165, 1.54) is 10.8 Å². The fourth-order valence-electron chi connectivity index (χ4n) is 2.44. The van der Waals surface area contributed by atoms with Crippen LogP contribution in [0.4, 0.5) is 11.4 Å². The van der Waals surface area contributed by atoms with E-state index in [2.05, 4.69) is 37.5 Å². The zero-order chi connectivity index (χ0) is 15.6. The molecule has 6 nitrogen and oxygen atoms in total. The van der Waals surface area contributed by atoms with Crippen molar-refractivity contribution >= 4 is 34.4 Å². The summed E-state index contributed by atoms with van der Waals surface area (Å²) in [5.41, 5.74) is 1.29. The SMILES string of the molecule is Oc1cc2c(c3c1=NN=N3)N=CC=2.c1ccc2cnccc2c1. The number of pyridine rings is 1. The van der Waals surface area contributed by atoms with Crippen molar-refractivity contribution in [2.45, 2.75) is 0 Å². The van der Waals surface area contributed by atoms with Crippen LogP contribution in [0.5, 0.6) is 5.75 Å². The summed E-state index contributed by atoms with van der Waals surface area (Å²) in [6.07, 6.45) is 7.15. The lowest BCUT2D eigenvalue weighted by atomic mass is 10.2. The van der Waals surface area contributed by atoms with Crippen molar-refractivity contribution in [2.24, 2.45) is 20.4 Å². The molecule has 0 atom stereocenters. The Bertz CT molecular complexity index is 1020. The molecule has 2 aliphatic rings. The van der Waals surface area contributed by atoms with Crippen LogP contribution >= 0.6 is 0 Å². The molecule has 6 heteroatoms. The number of rotatable bonds is 0. The molecule has 1 aromatic heterocycles. The molecule has 0 radical (unpaired) electrons. The van der Waals surface area contributed by atoms with Gasteiger partial charge in [-0.2, -0.15) is 0 Å². The number of phenolic OH excluding ortho intramolecular Hbond substituents is 1. The van der Waals surface area contributed by atoms with Crippen LogP contribution in [0, 0.1) is 0 Å². The average molecular weight is 301 g/mol. The minimum Gasteiger partial charge on any atom is -0.506 e. The number of phenols is 1. The van der Waals surface area contributed by atoms with Crippen molar-refractivity contribution < 1.29 is 5.11 Å². The maximum absolute atomic E-state index is 9.51. The number of fused-ring (bicyclic) bond motifs is 4. The second-order valence-electron chi connectivity index (χ2n) is 4.99. The average Bonchev–Trinajstić information content (AvgIpc) is 3.24. The van der Waals surface area contributed by atoms with Crippen LogP contribution in [0.25, 0.3) is 16.8 Å². The molecule has 2 aromatic carbocycles. The quantitative estimate of drug-likeness (QED) is 0.692. The van der Waals surface area contributed by atoms with Gasteiger partial charge >= 0.3 is 0 Å². The van der Waals surface area contributed by atoms with Crippen molar-refractivity contribution in [1.29, 1.82) is 0 Å². The first-order chi connectivity index (χ1) is 11.3. The Balaban J connectivity index is 0.000000122. The lowest BCUT2D eigenvalue weighted by Crippen LogP contribution is -2.07. The van der Waals surface area contributed by atoms with Gasteiger partial charge in [0.15, 0.2) is 5.36 Å². The van der Waals surface area contributed by atoms with Gasteiger partial charge < -0.3 is 5.11 Å². The second-order valence-corrected chi connectivity index (χ2v) is 4.99. The van der Waals surface area contributed by atoms with Gasteiger partial charge in [0.05, 0.1) is 0 Å². The summed E-state index contributed by atoms with van der Waals surface area (Å²) in [6.45, 7) is 0. The summed E-state index contributed by atoms with van der Waals surface area (Å²) in [4.78, 5) is 8.12. The lowest BCUT2D eigenvalue weighted by molar-refractivity contribution is 0.468. The maximum Gasteiger partial charge on any atom is 0.159 e. The highest BCUT2D eigenvalue weighted by Crippen LogP contribution is 2.26. The van der Waals surface area contributed by atoms with Crippen molar-refractivity contribution in [3.05, 3.63) is 59.4 Å². The third-order valence-electron chi connectivity index (χ3n) is 3.55.